The van der Waals surface area contributed by atoms with E-state index >= 15 is 0 Å². The molecular weight excluding hydrogens is 507 g/mol. The third kappa shape index (κ3) is 4.84. The molecule has 0 aliphatic heterocycles. The van der Waals surface area contributed by atoms with Crippen LogP contribution in [0, 0.1) is 13.8 Å². The van der Waals surface area contributed by atoms with Crippen LogP contribution in [0.1, 0.15) is 33.3 Å². The number of carbonyl (C=O) groups is 1. The van der Waals surface area contributed by atoms with E-state index in [-0.39, 0.29) is 11.7 Å². The normalized spacial score (nSPS) is 11.1. The highest BCUT2D eigenvalue weighted by Gasteiger charge is 2.16. The predicted octanol–water partition coefficient (Wildman–Crippen LogP) is 5.10. The Morgan fingerprint density at radius 3 is 2.68 bits per heavy atom. The average Bonchev–Trinajstić information content (AvgIpc) is 3.42. The lowest BCUT2D eigenvalue weighted by atomic mass is 10.2. The number of anilines is 1. The fourth-order valence-corrected chi connectivity index (χ4v) is 3.73. The average molecular weight is 524 g/mol. The lowest BCUT2D eigenvalue weighted by molar-refractivity contribution is 0.0993. The molecule has 160 valence electrons. The molecule has 1 aromatic carbocycles. The highest BCUT2D eigenvalue weighted by molar-refractivity contribution is 9.10. The van der Waals surface area contributed by atoms with E-state index in [0.29, 0.717) is 28.9 Å². The maximum atomic E-state index is 12.5. The van der Waals surface area contributed by atoms with E-state index in [4.69, 9.17) is 27.6 Å². The van der Waals surface area contributed by atoms with Crippen LogP contribution in [-0.4, -0.2) is 30.5 Å². The van der Waals surface area contributed by atoms with Crippen molar-refractivity contribution in [1.29, 1.82) is 0 Å². The lowest BCUT2D eigenvalue weighted by Crippen LogP contribution is -2.13. The summed E-state index contributed by atoms with van der Waals surface area (Å²) in [6.07, 6.45) is 1.51. The van der Waals surface area contributed by atoms with Crippen molar-refractivity contribution in [3.63, 3.8) is 0 Å². The molecule has 0 saturated carbocycles. The number of aromatic nitrogens is 5. The Kier molecular flexibility index (Phi) is 6.17. The van der Waals surface area contributed by atoms with Crippen LogP contribution in [0.4, 0.5) is 5.95 Å². The van der Waals surface area contributed by atoms with Gasteiger partial charge in [-0.2, -0.15) is 5.10 Å². The molecular formula is C20H17BrCl2N6O2. The number of carbonyl (C=O) groups excluding carboxylic acids is 1. The molecule has 0 spiro atoms. The minimum Gasteiger partial charge on any atom is -0.454 e. The highest BCUT2D eigenvalue weighted by Crippen LogP contribution is 2.22. The SMILES string of the molecule is Cc1nn(Cc2ccc(C(=O)Nc3ncn(Cc4ccc(Cl)cc4Cl)n3)o2)c(C)c1Br. The summed E-state index contributed by atoms with van der Waals surface area (Å²) in [6, 6.07) is 8.58. The standard InChI is InChI=1S/C20H17BrCl2N6O2/c1-11-18(21)12(2)29(26-11)9-15-5-6-17(31-15)19(30)25-20-24-10-28(27-20)8-13-3-4-14(22)7-16(13)23/h3-7,10H,8-9H2,1-2H3,(H,25,27,30). The number of aryl methyl sites for hydroxylation is 1. The predicted molar refractivity (Wildman–Crippen MR) is 121 cm³/mol. The first-order valence-electron chi connectivity index (χ1n) is 9.23. The minimum absolute atomic E-state index is 0.160. The quantitative estimate of drug-likeness (QED) is 0.379. The zero-order valence-corrected chi connectivity index (χ0v) is 19.7. The first-order chi connectivity index (χ1) is 14.8. The summed E-state index contributed by atoms with van der Waals surface area (Å²) in [6.45, 7) is 4.68. The molecule has 8 nitrogen and oxygen atoms in total. The molecule has 0 bridgehead atoms. The maximum Gasteiger partial charge on any atom is 0.293 e. The van der Waals surface area contributed by atoms with Gasteiger partial charge < -0.3 is 4.42 Å². The number of nitrogens with zero attached hydrogens (tertiary/aromatic N) is 5. The molecule has 0 aliphatic carbocycles. The summed E-state index contributed by atoms with van der Waals surface area (Å²) in [7, 11) is 0. The van der Waals surface area contributed by atoms with Crippen molar-refractivity contribution >= 4 is 51.0 Å². The summed E-state index contributed by atoms with van der Waals surface area (Å²) in [4.78, 5) is 16.6. The Morgan fingerprint density at radius 1 is 1.16 bits per heavy atom. The third-order valence-electron chi connectivity index (χ3n) is 4.59. The van der Waals surface area contributed by atoms with Crippen LogP contribution in [0.3, 0.4) is 0 Å². The van der Waals surface area contributed by atoms with Gasteiger partial charge in [0.15, 0.2) is 5.76 Å². The number of rotatable bonds is 6. The summed E-state index contributed by atoms with van der Waals surface area (Å²) >= 11 is 15.6. The summed E-state index contributed by atoms with van der Waals surface area (Å²) in [5, 5.41) is 12.4. The van der Waals surface area contributed by atoms with Crippen molar-refractivity contribution in [1.82, 2.24) is 24.5 Å². The molecule has 0 aliphatic rings. The Morgan fingerprint density at radius 2 is 1.97 bits per heavy atom. The van der Waals surface area contributed by atoms with Gasteiger partial charge in [0.25, 0.3) is 5.91 Å². The van der Waals surface area contributed by atoms with Gasteiger partial charge in [-0.25, -0.2) is 9.67 Å². The molecule has 31 heavy (non-hydrogen) atoms. The van der Waals surface area contributed by atoms with E-state index in [0.717, 1.165) is 21.4 Å². The van der Waals surface area contributed by atoms with Crippen molar-refractivity contribution in [3.05, 3.63) is 79.6 Å². The molecule has 1 amide bonds. The molecule has 0 fully saturated rings. The minimum atomic E-state index is -0.442. The fourth-order valence-electron chi connectivity index (χ4n) is 2.98. The first kappa shape index (κ1) is 21.6. The second kappa shape index (κ2) is 8.86. The third-order valence-corrected chi connectivity index (χ3v) is 6.33. The molecule has 4 rings (SSSR count). The first-order valence-corrected chi connectivity index (χ1v) is 10.8. The van der Waals surface area contributed by atoms with Crippen LogP contribution >= 0.6 is 39.1 Å². The van der Waals surface area contributed by atoms with Crippen LogP contribution in [0.15, 0.2) is 45.5 Å². The molecule has 3 heterocycles. The number of halogens is 3. The molecule has 0 unspecified atom stereocenters. The monoisotopic (exact) mass is 522 g/mol. The van der Waals surface area contributed by atoms with Gasteiger partial charge in [0, 0.05) is 10.0 Å². The van der Waals surface area contributed by atoms with Gasteiger partial charge in [-0.1, -0.05) is 29.3 Å². The van der Waals surface area contributed by atoms with Crippen molar-refractivity contribution in [3.8, 4) is 0 Å². The molecule has 0 saturated heterocycles. The second-order valence-corrected chi connectivity index (χ2v) is 8.50. The molecule has 11 heteroatoms. The van der Waals surface area contributed by atoms with Crippen molar-refractivity contribution in [2.75, 3.05) is 5.32 Å². The fraction of sp³-hybridized carbons (Fsp3) is 0.200. The maximum absolute atomic E-state index is 12.5. The van der Waals surface area contributed by atoms with Crippen LogP contribution in [0.5, 0.6) is 0 Å². The molecule has 0 radical (unpaired) electrons. The van der Waals surface area contributed by atoms with Gasteiger partial charge in [0.1, 0.15) is 12.1 Å². The summed E-state index contributed by atoms with van der Waals surface area (Å²) in [5.41, 5.74) is 2.71. The van der Waals surface area contributed by atoms with Crippen molar-refractivity contribution in [2.24, 2.45) is 0 Å². The van der Waals surface area contributed by atoms with E-state index in [1.54, 1.807) is 28.9 Å². The van der Waals surface area contributed by atoms with Gasteiger partial charge >= 0.3 is 0 Å². The van der Waals surface area contributed by atoms with Crippen LogP contribution in [-0.2, 0) is 13.1 Å². The Hall–Kier alpha value is -2.62. The van der Waals surface area contributed by atoms with E-state index in [2.05, 4.69) is 36.4 Å². The Bertz CT molecular complexity index is 1260. The van der Waals surface area contributed by atoms with Gasteiger partial charge in [-0.3, -0.25) is 14.8 Å². The largest absolute Gasteiger partial charge is 0.454 e. The van der Waals surface area contributed by atoms with E-state index in [1.807, 2.05) is 24.6 Å². The van der Waals surface area contributed by atoms with Gasteiger partial charge in [0.2, 0.25) is 5.95 Å². The van der Waals surface area contributed by atoms with Crippen molar-refractivity contribution < 1.29 is 9.21 Å². The van der Waals surface area contributed by atoms with Gasteiger partial charge in [-0.15, -0.1) is 5.10 Å². The summed E-state index contributed by atoms with van der Waals surface area (Å²) < 4.78 is 10.0. The van der Waals surface area contributed by atoms with Crippen LogP contribution in [0.2, 0.25) is 10.0 Å². The van der Waals surface area contributed by atoms with E-state index in [1.165, 1.54) is 6.33 Å². The number of hydrogen-bond acceptors (Lipinski definition) is 5. The molecule has 1 N–H and O–H groups in total. The zero-order chi connectivity index (χ0) is 22.1. The van der Waals surface area contributed by atoms with Gasteiger partial charge in [0.05, 0.1) is 29.0 Å². The van der Waals surface area contributed by atoms with Gasteiger partial charge in [-0.05, 0) is 59.6 Å². The summed E-state index contributed by atoms with van der Waals surface area (Å²) in [5.74, 6) is 0.491. The lowest BCUT2D eigenvalue weighted by Gasteiger charge is -2.04. The van der Waals surface area contributed by atoms with E-state index < -0.39 is 5.91 Å². The number of furan rings is 1. The topological polar surface area (TPSA) is 90.8 Å². The Labute approximate surface area is 196 Å². The van der Waals surface area contributed by atoms with E-state index in [9.17, 15) is 4.79 Å². The van der Waals surface area contributed by atoms with Crippen LogP contribution < -0.4 is 5.32 Å². The smallest absolute Gasteiger partial charge is 0.293 e. The molecule has 0 atom stereocenters. The number of hydrogen-bond donors (Lipinski definition) is 1. The van der Waals surface area contributed by atoms with Crippen molar-refractivity contribution in [2.45, 2.75) is 26.9 Å². The number of amides is 1. The molecule has 3 aromatic heterocycles. The second-order valence-electron chi connectivity index (χ2n) is 6.86. The molecule has 4 aromatic rings. The Balaban J connectivity index is 1.40. The van der Waals surface area contributed by atoms with Crippen LogP contribution in [0.25, 0.3) is 0 Å². The zero-order valence-electron chi connectivity index (χ0n) is 16.6. The number of nitrogens with one attached hydrogen (secondary N) is 1. The highest BCUT2D eigenvalue weighted by atomic mass is 79.9. The number of benzene rings is 1.